The second kappa shape index (κ2) is 4.87. The molecule has 106 valence electrons. The summed E-state index contributed by atoms with van der Waals surface area (Å²) in [5, 5.41) is 7.61. The number of fused-ring (bicyclic) bond motifs is 1. The van der Waals surface area contributed by atoms with E-state index in [-0.39, 0.29) is 5.41 Å². The number of piperidine rings is 1. The Morgan fingerprint density at radius 3 is 2.95 bits per heavy atom. The van der Waals surface area contributed by atoms with Crippen molar-refractivity contribution in [1.29, 1.82) is 0 Å². The molecule has 2 fully saturated rings. The van der Waals surface area contributed by atoms with Crippen LogP contribution in [-0.2, 0) is 12.0 Å². The van der Waals surface area contributed by atoms with Gasteiger partial charge in [-0.3, -0.25) is 4.90 Å². The molecule has 0 aromatic carbocycles. The van der Waals surface area contributed by atoms with Gasteiger partial charge in [0.25, 0.3) is 0 Å². The minimum absolute atomic E-state index is 0.0406. The van der Waals surface area contributed by atoms with Crippen LogP contribution in [0.15, 0.2) is 4.52 Å². The van der Waals surface area contributed by atoms with E-state index in [0.29, 0.717) is 6.04 Å². The quantitative estimate of drug-likeness (QED) is 0.878. The van der Waals surface area contributed by atoms with Crippen LogP contribution in [0.1, 0.15) is 45.3 Å². The highest BCUT2D eigenvalue weighted by atomic mass is 16.5. The van der Waals surface area contributed by atoms with Crippen molar-refractivity contribution in [2.24, 2.45) is 5.92 Å². The minimum atomic E-state index is -0.0406. The second-order valence-electron chi connectivity index (χ2n) is 6.86. The molecule has 5 nitrogen and oxygen atoms in total. The maximum atomic E-state index is 5.42. The van der Waals surface area contributed by atoms with Crippen LogP contribution in [0.3, 0.4) is 0 Å². The third-order valence-electron chi connectivity index (χ3n) is 4.27. The molecule has 0 radical (unpaired) electrons. The first-order valence-electron chi connectivity index (χ1n) is 7.32. The van der Waals surface area contributed by atoms with Crippen molar-refractivity contribution < 1.29 is 4.52 Å². The van der Waals surface area contributed by atoms with Crippen LogP contribution in [0.5, 0.6) is 0 Å². The van der Waals surface area contributed by atoms with Crippen molar-refractivity contribution >= 4 is 0 Å². The van der Waals surface area contributed by atoms with E-state index in [0.717, 1.165) is 43.8 Å². The molecule has 2 atom stereocenters. The van der Waals surface area contributed by atoms with Gasteiger partial charge in [0, 0.05) is 18.0 Å². The lowest BCUT2D eigenvalue weighted by molar-refractivity contribution is 0.104. The average molecular weight is 264 g/mol. The van der Waals surface area contributed by atoms with Crippen LogP contribution in [0.25, 0.3) is 0 Å². The van der Waals surface area contributed by atoms with E-state index in [4.69, 9.17) is 4.52 Å². The van der Waals surface area contributed by atoms with E-state index >= 15 is 0 Å². The molecule has 0 saturated carbocycles. The van der Waals surface area contributed by atoms with Crippen molar-refractivity contribution in [3.8, 4) is 0 Å². The van der Waals surface area contributed by atoms with Gasteiger partial charge in [-0.2, -0.15) is 4.98 Å². The Bertz CT molecular complexity index is 437. The summed E-state index contributed by atoms with van der Waals surface area (Å²) in [5.74, 6) is 2.37. The Morgan fingerprint density at radius 2 is 2.21 bits per heavy atom. The summed E-state index contributed by atoms with van der Waals surface area (Å²) < 4.78 is 5.42. The molecule has 0 aliphatic carbocycles. The van der Waals surface area contributed by atoms with Crippen molar-refractivity contribution in [2.45, 2.75) is 51.6 Å². The van der Waals surface area contributed by atoms with Crippen LogP contribution in [0.2, 0.25) is 0 Å². The molecule has 3 rings (SSSR count). The summed E-state index contributed by atoms with van der Waals surface area (Å²) in [6.45, 7) is 10.5. The van der Waals surface area contributed by atoms with E-state index in [2.05, 4.69) is 41.1 Å². The number of rotatable bonds is 2. The fourth-order valence-electron chi connectivity index (χ4n) is 3.16. The van der Waals surface area contributed by atoms with Crippen molar-refractivity contribution in [3.63, 3.8) is 0 Å². The van der Waals surface area contributed by atoms with Crippen LogP contribution >= 0.6 is 0 Å². The zero-order valence-corrected chi connectivity index (χ0v) is 12.1. The fraction of sp³-hybridized carbons (Fsp3) is 0.857. The maximum Gasteiger partial charge on any atom is 0.240 e. The zero-order chi connectivity index (χ0) is 13.5. The molecule has 3 heterocycles. The molecule has 0 bridgehead atoms. The third-order valence-corrected chi connectivity index (χ3v) is 4.27. The molecule has 0 spiro atoms. The number of aromatic nitrogens is 2. The van der Waals surface area contributed by atoms with E-state index < -0.39 is 0 Å². The fourth-order valence-corrected chi connectivity index (χ4v) is 3.16. The van der Waals surface area contributed by atoms with E-state index in [1.807, 2.05) is 0 Å². The number of hydrogen-bond acceptors (Lipinski definition) is 5. The Hall–Kier alpha value is -0.940. The van der Waals surface area contributed by atoms with Crippen molar-refractivity contribution in [3.05, 3.63) is 11.7 Å². The highest BCUT2D eigenvalue weighted by molar-refractivity contribution is 5.01. The Labute approximate surface area is 114 Å². The molecule has 2 unspecified atom stereocenters. The molecule has 2 saturated heterocycles. The minimum Gasteiger partial charge on any atom is -0.338 e. The first-order chi connectivity index (χ1) is 9.04. The number of hydrogen-bond donors (Lipinski definition) is 1. The lowest BCUT2D eigenvalue weighted by atomic mass is 9.92. The van der Waals surface area contributed by atoms with Crippen LogP contribution in [0.4, 0.5) is 0 Å². The van der Waals surface area contributed by atoms with Gasteiger partial charge in [0.15, 0.2) is 5.82 Å². The highest BCUT2D eigenvalue weighted by Gasteiger charge is 2.35. The van der Waals surface area contributed by atoms with E-state index in [1.165, 1.54) is 12.8 Å². The Balaban J connectivity index is 1.69. The van der Waals surface area contributed by atoms with Crippen LogP contribution in [0, 0.1) is 5.92 Å². The standard InChI is InChI=1S/C14H24N4O/c1-14(2,3)13-16-12(19-17-13)9-18-6-4-5-10-7-15-8-11(10)18/h10-11,15H,4-9H2,1-3H3. The summed E-state index contributed by atoms with van der Waals surface area (Å²) in [4.78, 5) is 7.06. The van der Waals surface area contributed by atoms with Crippen LogP contribution < -0.4 is 5.32 Å². The van der Waals surface area contributed by atoms with Crippen molar-refractivity contribution in [1.82, 2.24) is 20.4 Å². The lowest BCUT2D eigenvalue weighted by Crippen LogP contribution is -2.44. The predicted octanol–water partition coefficient (Wildman–Crippen LogP) is 1.55. The molecule has 2 aliphatic rings. The first-order valence-corrected chi connectivity index (χ1v) is 7.32. The molecule has 1 aromatic heterocycles. The molecule has 1 aromatic rings. The third kappa shape index (κ3) is 2.67. The summed E-state index contributed by atoms with van der Waals surface area (Å²) in [7, 11) is 0. The molecule has 19 heavy (non-hydrogen) atoms. The number of likely N-dealkylation sites (tertiary alicyclic amines) is 1. The van der Waals surface area contributed by atoms with Gasteiger partial charge in [0.1, 0.15) is 0 Å². The summed E-state index contributed by atoms with van der Waals surface area (Å²) in [6, 6.07) is 0.652. The van der Waals surface area contributed by atoms with Gasteiger partial charge in [-0.25, -0.2) is 0 Å². The normalized spacial score (nSPS) is 28.6. The molecule has 0 amide bonds. The summed E-state index contributed by atoms with van der Waals surface area (Å²) in [6.07, 6.45) is 2.63. The van der Waals surface area contributed by atoms with Gasteiger partial charge in [-0.05, 0) is 31.8 Å². The highest BCUT2D eigenvalue weighted by Crippen LogP contribution is 2.28. The number of nitrogens with zero attached hydrogens (tertiary/aromatic N) is 3. The SMILES string of the molecule is CC(C)(C)c1noc(CN2CCCC3CNCC32)n1. The van der Waals surface area contributed by atoms with Gasteiger partial charge in [0.05, 0.1) is 6.54 Å². The topological polar surface area (TPSA) is 54.2 Å². The van der Waals surface area contributed by atoms with Gasteiger partial charge < -0.3 is 9.84 Å². The first kappa shape index (κ1) is 13.1. The largest absolute Gasteiger partial charge is 0.338 e. The lowest BCUT2D eigenvalue weighted by Gasteiger charge is -2.35. The number of nitrogens with one attached hydrogen (secondary N) is 1. The Morgan fingerprint density at radius 1 is 1.37 bits per heavy atom. The van der Waals surface area contributed by atoms with Gasteiger partial charge in [-0.1, -0.05) is 25.9 Å². The zero-order valence-electron chi connectivity index (χ0n) is 12.1. The molecule has 5 heteroatoms. The molecule has 1 N–H and O–H groups in total. The van der Waals surface area contributed by atoms with Gasteiger partial charge >= 0.3 is 0 Å². The smallest absolute Gasteiger partial charge is 0.240 e. The Kier molecular flexibility index (Phi) is 3.35. The maximum absolute atomic E-state index is 5.42. The van der Waals surface area contributed by atoms with Gasteiger partial charge in [-0.15, -0.1) is 0 Å². The molecular weight excluding hydrogens is 240 g/mol. The predicted molar refractivity (Wildman–Crippen MR) is 72.8 cm³/mol. The van der Waals surface area contributed by atoms with E-state index in [1.54, 1.807) is 0 Å². The van der Waals surface area contributed by atoms with Gasteiger partial charge in [0.2, 0.25) is 5.89 Å². The molecular formula is C14H24N4O. The summed E-state index contributed by atoms with van der Waals surface area (Å²) >= 11 is 0. The van der Waals surface area contributed by atoms with E-state index in [9.17, 15) is 0 Å². The second-order valence-corrected chi connectivity index (χ2v) is 6.86. The van der Waals surface area contributed by atoms with Crippen molar-refractivity contribution in [2.75, 3.05) is 19.6 Å². The van der Waals surface area contributed by atoms with Crippen LogP contribution in [-0.4, -0.2) is 40.7 Å². The summed E-state index contributed by atoms with van der Waals surface area (Å²) in [5.41, 5.74) is -0.0406. The molecule has 2 aliphatic heterocycles. The monoisotopic (exact) mass is 264 g/mol. The average Bonchev–Trinajstić information content (AvgIpc) is 2.96.